The molecule has 0 atom stereocenters. The molecular formula is C17H27N3O. The zero-order valence-corrected chi connectivity index (χ0v) is 13.7. The monoisotopic (exact) mass is 289 g/mol. The summed E-state index contributed by atoms with van der Waals surface area (Å²) < 4.78 is 6.01. The van der Waals surface area contributed by atoms with Gasteiger partial charge in [-0.2, -0.15) is 0 Å². The van der Waals surface area contributed by atoms with Crippen LogP contribution in [-0.2, 0) is 0 Å². The number of aliphatic imine (C=N–C) groups is 1. The highest BCUT2D eigenvalue weighted by molar-refractivity contribution is 5.62. The van der Waals surface area contributed by atoms with Gasteiger partial charge in [-0.15, -0.1) is 0 Å². The summed E-state index contributed by atoms with van der Waals surface area (Å²) in [6.07, 6.45) is 6.97. The highest BCUT2D eigenvalue weighted by atomic mass is 16.5. The summed E-state index contributed by atoms with van der Waals surface area (Å²) in [5.41, 5.74) is 1.82. The van der Waals surface area contributed by atoms with Crippen molar-refractivity contribution in [3.05, 3.63) is 17.8 Å². The van der Waals surface area contributed by atoms with Crippen molar-refractivity contribution < 1.29 is 4.74 Å². The normalized spacial score (nSPS) is 22.5. The van der Waals surface area contributed by atoms with Crippen LogP contribution in [-0.4, -0.2) is 35.9 Å². The molecule has 0 unspecified atom stereocenters. The van der Waals surface area contributed by atoms with Crippen molar-refractivity contribution >= 4 is 12.0 Å². The quantitative estimate of drug-likeness (QED) is 0.608. The van der Waals surface area contributed by atoms with Crippen LogP contribution in [0.15, 0.2) is 17.1 Å². The maximum Gasteiger partial charge on any atom is 0.213 e. The Bertz CT molecular complexity index is 479. The van der Waals surface area contributed by atoms with E-state index in [0.717, 1.165) is 42.6 Å². The number of ether oxygens (including phenoxy) is 1. The third kappa shape index (κ3) is 4.73. The Balaban J connectivity index is 1.97. The molecule has 4 heteroatoms. The molecule has 1 aromatic rings. The first-order valence-corrected chi connectivity index (χ1v) is 7.97. The third-order valence-corrected chi connectivity index (χ3v) is 4.18. The average molecular weight is 289 g/mol. The van der Waals surface area contributed by atoms with Crippen LogP contribution in [0.25, 0.3) is 0 Å². The molecule has 1 fully saturated rings. The molecule has 0 aromatic carbocycles. The van der Waals surface area contributed by atoms with Gasteiger partial charge in [0.15, 0.2) is 0 Å². The molecule has 1 aliphatic carbocycles. The molecule has 0 aliphatic heterocycles. The summed E-state index contributed by atoms with van der Waals surface area (Å²) >= 11 is 0. The Kier molecular flexibility index (Phi) is 5.59. The molecule has 1 heterocycles. The van der Waals surface area contributed by atoms with E-state index in [4.69, 9.17) is 4.74 Å². The Morgan fingerprint density at radius 1 is 1.33 bits per heavy atom. The minimum atomic E-state index is 0.327. The molecule has 1 aromatic heterocycles. The maximum atomic E-state index is 6.01. The summed E-state index contributed by atoms with van der Waals surface area (Å²) in [4.78, 5) is 11.0. The van der Waals surface area contributed by atoms with Gasteiger partial charge in [-0.1, -0.05) is 6.92 Å². The van der Waals surface area contributed by atoms with Crippen LogP contribution in [0.3, 0.4) is 0 Å². The number of hydrogen-bond acceptors (Lipinski definition) is 3. The molecule has 21 heavy (non-hydrogen) atoms. The van der Waals surface area contributed by atoms with Gasteiger partial charge < -0.3 is 9.64 Å². The van der Waals surface area contributed by atoms with E-state index < -0.39 is 0 Å². The maximum absolute atomic E-state index is 6.01. The van der Waals surface area contributed by atoms with Gasteiger partial charge in [0.2, 0.25) is 5.88 Å². The smallest absolute Gasteiger partial charge is 0.213 e. The second-order valence-electron chi connectivity index (χ2n) is 6.07. The van der Waals surface area contributed by atoms with Gasteiger partial charge in [0, 0.05) is 19.7 Å². The first-order valence-electron chi connectivity index (χ1n) is 7.97. The number of pyridine rings is 1. The first-order chi connectivity index (χ1) is 10.1. The lowest BCUT2D eigenvalue weighted by Gasteiger charge is -2.26. The fourth-order valence-electron chi connectivity index (χ4n) is 2.49. The fourth-order valence-corrected chi connectivity index (χ4v) is 2.49. The van der Waals surface area contributed by atoms with Crippen LogP contribution >= 0.6 is 0 Å². The molecule has 0 spiro atoms. The Hall–Kier alpha value is -1.58. The molecule has 0 amide bonds. The lowest BCUT2D eigenvalue weighted by Crippen LogP contribution is -2.23. The van der Waals surface area contributed by atoms with Gasteiger partial charge in [0.05, 0.1) is 17.7 Å². The molecule has 0 saturated heterocycles. The van der Waals surface area contributed by atoms with Crippen molar-refractivity contribution in [1.29, 1.82) is 0 Å². The van der Waals surface area contributed by atoms with Crippen LogP contribution in [0.1, 0.15) is 45.2 Å². The molecule has 0 N–H and O–H groups in total. The van der Waals surface area contributed by atoms with Crippen molar-refractivity contribution in [3.8, 4) is 5.88 Å². The van der Waals surface area contributed by atoms with E-state index in [1.165, 1.54) is 12.8 Å². The van der Waals surface area contributed by atoms with Crippen LogP contribution in [0.2, 0.25) is 0 Å². The third-order valence-electron chi connectivity index (χ3n) is 4.18. The van der Waals surface area contributed by atoms with Crippen molar-refractivity contribution in [1.82, 2.24) is 9.88 Å². The van der Waals surface area contributed by atoms with Crippen LogP contribution in [0.4, 0.5) is 5.69 Å². The highest BCUT2D eigenvalue weighted by Gasteiger charge is 2.20. The van der Waals surface area contributed by atoms with Gasteiger partial charge in [-0.3, -0.25) is 0 Å². The van der Waals surface area contributed by atoms with Gasteiger partial charge in [0.1, 0.15) is 6.10 Å². The fraction of sp³-hybridized carbons (Fsp3) is 0.647. The Morgan fingerprint density at radius 2 is 2.05 bits per heavy atom. The number of hydrogen-bond donors (Lipinski definition) is 0. The predicted molar refractivity (Wildman–Crippen MR) is 87.5 cm³/mol. The Labute approximate surface area is 128 Å². The van der Waals surface area contributed by atoms with Gasteiger partial charge >= 0.3 is 0 Å². The van der Waals surface area contributed by atoms with E-state index in [-0.39, 0.29) is 0 Å². The summed E-state index contributed by atoms with van der Waals surface area (Å²) in [7, 11) is 2.01. The number of aryl methyl sites for hydroxylation is 1. The topological polar surface area (TPSA) is 37.7 Å². The summed E-state index contributed by atoms with van der Waals surface area (Å²) in [5.74, 6) is 1.57. The standard InChI is InChI=1S/C17H27N3O/c1-5-20(4)12-18-16-10-11-17(19-14(16)3)21-15-8-6-13(2)7-9-15/h10-13,15H,5-9H2,1-4H3/b18-12+. The van der Waals surface area contributed by atoms with Gasteiger partial charge in [-0.05, 0) is 51.5 Å². The molecule has 116 valence electrons. The summed E-state index contributed by atoms with van der Waals surface area (Å²) in [6, 6.07) is 3.92. The van der Waals surface area contributed by atoms with E-state index in [1.54, 1.807) is 0 Å². The SMILES string of the molecule is CCN(C)/C=N/c1ccc(OC2CCC(C)CC2)nc1C. The van der Waals surface area contributed by atoms with Crippen molar-refractivity contribution in [2.45, 2.75) is 52.6 Å². The molecule has 4 nitrogen and oxygen atoms in total. The molecule has 2 rings (SSSR count). The van der Waals surface area contributed by atoms with E-state index in [9.17, 15) is 0 Å². The minimum Gasteiger partial charge on any atom is -0.474 e. The molecule has 1 aliphatic rings. The lowest BCUT2D eigenvalue weighted by atomic mass is 9.89. The summed E-state index contributed by atoms with van der Waals surface area (Å²) in [5, 5.41) is 0. The summed E-state index contributed by atoms with van der Waals surface area (Å²) in [6.45, 7) is 7.34. The predicted octanol–water partition coefficient (Wildman–Crippen LogP) is 3.96. The van der Waals surface area contributed by atoms with Crippen LogP contribution < -0.4 is 4.74 Å². The Morgan fingerprint density at radius 3 is 2.67 bits per heavy atom. The molecule has 0 bridgehead atoms. The second kappa shape index (κ2) is 7.43. The van der Waals surface area contributed by atoms with Crippen LogP contribution in [0, 0.1) is 12.8 Å². The van der Waals surface area contributed by atoms with Crippen molar-refractivity contribution in [3.63, 3.8) is 0 Å². The minimum absolute atomic E-state index is 0.327. The number of aromatic nitrogens is 1. The van der Waals surface area contributed by atoms with Gasteiger partial charge in [-0.25, -0.2) is 9.98 Å². The molecule has 1 saturated carbocycles. The van der Waals surface area contributed by atoms with E-state index in [1.807, 2.05) is 37.3 Å². The average Bonchev–Trinajstić information content (AvgIpc) is 2.48. The van der Waals surface area contributed by atoms with E-state index in [0.29, 0.717) is 6.10 Å². The van der Waals surface area contributed by atoms with Crippen molar-refractivity contribution in [2.24, 2.45) is 10.9 Å². The molecular weight excluding hydrogens is 262 g/mol. The number of rotatable bonds is 5. The zero-order chi connectivity index (χ0) is 15.2. The van der Waals surface area contributed by atoms with Gasteiger partial charge in [0.25, 0.3) is 0 Å². The van der Waals surface area contributed by atoms with Crippen LogP contribution in [0.5, 0.6) is 5.88 Å². The van der Waals surface area contributed by atoms with Crippen molar-refractivity contribution in [2.75, 3.05) is 13.6 Å². The second-order valence-corrected chi connectivity index (χ2v) is 6.07. The van der Waals surface area contributed by atoms with E-state index >= 15 is 0 Å². The zero-order valence-electron chi connectivity index (χ0n) is 13.7. The first kappa shape index (κ1) is 15.8. The largest absolute Gasteiger partial charge is 0.474 e. The molecule has 0 radical (unpaired) electrons. The number of nitrogens with zero attached hydrogens (tertiary/aromatic N) is 3. The lowest BCUT2D eigenvalue weighted by molar-refractivity contribution is 0.130. The van der Waals surface area contributed by atoms with E-state index in [2.05, 4.69) is 23.8 Å². The highest BCUT2D eigenvalue weighted by Crippen LogP contribution is 2.27.